The van der Waals surface area contributed by atoms with Crippen molar-refractivity contribution in [2.45, 2.75) is 25.3 Å². The van der Waals surface area contributed by atoms with Crippen molar-refractivity contribution in [3.63, 3.8) is 0 Å². The van der Waals surface area contributed by atoms with E-state index >= 15 is 0 Å². The first-order chi connectivity index (χ1) is 8.62. The summed E-state index contributed by atoms with van der Waals surface area (Å²) in [5, 5.41) is 13.8. The second kappa shape index (κ2) is 5.14. The molecule has 0 radical (unpaired) electrons. The molecule has 0 fully saturated rings. The van der Waals surface area contributed by atoms with Crippen LogP contribution in [0.4, 0.5) is 0 Å². The zero-order valence-electron chi connectivity index (χ0n) is 10.6. The molecule has 0 bridgehead atoms. The number of hydrogen-bond acceptors (Lipinski definition) is 5. The Morgan fingerprint density at radius 2 is 2.06 bits per heavy atom. The Hall–Kier alpha value is -1.95. The van der Waals surface area contributed by atoms with Crippen LogP contribution in [0.15, 0.2) is 24.3 Å². The van der Waals surface area contributed by atoms with Crippen molar-refractivity contribution in [1.29, 1.82) is 0 Å². The SMILES string of the molecule is COc1ccc(CCC(C)(N)c2nn[nH]n2)cc1. The van der Waals surface area contributed by atoms with Gasteiger partial charge in [0.05, 0.1) is 12.6 Å². The van der Waals surface area contributed by atoms with Gasteiger partial charge in [-0.05, 0) is 37.5 Å². The molecule has 6 nitrogen and oxygen atoms in total. The van der Waals surface area contributed by atoms with E-state index < -0.39 is 5.54 Å². The molecule has 1 heterocycles. The fraction of sp³-hybridized carbons (Fsp3) is 0.417. The summed E-state index contributed by atoms with van der Waals surface area (Å²) in [6, 6.07) is 7.95. The summed E-state index contributed by atoms with van der Waals surface area (Å²) in [5.41, 5.74) is 6.80. The zero-order chi connectivity index (χ0) is 13.0. The number of aryl methyl sites for hydroxylation is 1. The highest BCUT2D eigenvalue weighted by Crippen LogP contribution is 2.20. The van der Waals surface area contributed by atoms with Gasteiger partial charge in [0.2, 0.25) is 0 Å². The standard InChI is InChI=1S/C12H17N5O/c1-12(13,11-14-16-17-15-11)8-7-9-3-5-10(18-2)6-4-9/h3-6H,7-8,13H2,1-2H3,(H,14,15,16,17). The van der Waals surface area contributed by atoms with E-state index in [1.807, 2.05) is 31.2 Å². The fourth-order valence-corrected chi connectivity index (χ4v) is 1.71. The smallest absolute Gasteiger partial charge is 0.194 e. The molecule has 6 heteroatoms. The third-order valence-corrected chi connectivity index (χ3v) is 2.95. The normalized spacial score (nSPS) is 14.2. The Bertz CT molecular complexity index is 478. The monoisotopic (exact) mass is 247 g/mol. The second-order valence-electron chi connectivity index (χ2n) is 4.50. The minimum atomic E-state index is -0.576. The molecule has 0 amide bonds. The summed E-state index contributed by atoms with van der Waals surface area (Å²) < 4.78 is 5.12. The van der Waals surface area contributed by atoms with E-state index in [0.717, 1.165) is 18.6 Å². The zero-order valence-corrected chi connectivity index (χ0v) is 10.6. The van der Waals surface area contributed by atoms with Crippen molar-refractivity contribution >= 4 is 0 Å². The summed E-state index contributed by atoms with van der Waals surface area (Å²) in [4.78, 5) is 0. The van der Waals surface area contributed by atoms with Gasteiger partial charge in [0.1, 0.15) is 5.75 Å². The minimum absolute atomic E-state index is 0.538. The number of tetrazole rings is 1. The lowest BCUT2D eigenvalue weighted by atomic mass is 9.94. The topological polar surface area (TPSA) is 89.7 Å². The molecular weight excluding hydrogens is 230 g/mol. The third kappa shape index (κ3) is 2.84. The molecule has 0 aliphatic carbocycles. The summed E-state index contributed by atoms with van der Waals surface area (Å²) in [6.07, 6.45) is 1.60. The van der Waals surface area contributed by atoms with Gasteiger partial charge in [0.25, 0.3) is 0 Å². The number of rotatable bonds is 5. The van der Waals surface area contributed by atoms with Crippen LogP contribution in [-0.2, 0) is 12.0 Å². The van der Waals surface area contributed by atoms with Gasteiger partial charge < -0.3 is 10.5 Å². The Labute approximate surface area is 106 Å². The van der Waals surface area contributed by atoms with Crippen molar-refractivity contribution in [2.24, 2.45) is 5.73 Å². The summed E-state index contributed by atoms with van der Waals surface area (Å²) in [5.74, 6) is 1.39. The van der Waals surface area contributed by atoms with Crippen LogP contribution in [0.5, 0.6) is 5.75 Å². The Morgan fingerprint density at radius 3 is 2.61 bits per heavy atom. The van der Waals surface area contributed by atoms with Crippen LogP contribution in [0.2, 0.25) is 0 Å². The maximum Gasteiger partial charge on any atom is 0.194 e. The van der Waals surface area contributed by atoms with Gasteiger partial charge in [-0.15, -0.1) is 10.2 Å². The lowest BCUT2D eigenvalue weighted by Crippen LogP contribution is -2.35. The van der Waals surface area contributed by atoms with Crippen molar-refractivity contribution in [1.82, 2.24) is 20.6 Å². The average molecular weight is 247 g/mol. The first kappa shape index (κ1) is 12.5. The number of ether oxygens (including phenoxy) is 1. The number of benzene rings is 1. The number of H-pyrrole nitrogens is 1. The molecule has 0 aliphatic heterocycles. The van der Waals surface area contributed by atoms with E-state index in [1.165, 1.54) is 5.56 Å². The van der Waals surface area contributed by atoms with Gasteiger partial charge in [0, 0.05) is 0 Å². The maximum absolute atomic E-state index is 6.18. The van der Waals surface area contributed by atoms with Crippen LogP contribution in [0.1, 0.15) is 24.7 Å². The van der Waals surface area contributed by atoms with Crippen LogP contribution in [0.3, 0.4) is 0 Å². The largest absolute Gasteiger partial charge is 0.497 e. The van der Waals surface area contributed by atoms with Gasteiger partial charge in [-0.1, -0.05) is 17.3 Å². The highest BCUT2D eigenvalue weighted by Gasteiger charge is 2.25. The molecule has 1 unspecified atom stereocenters. The molecular formula is C12H17N5O. The first-order valence-electron chi connectivity index (χ1n) is 5.77. The van der Waals surface area contributed by atoms with E-state index in [1.54, 1.807) is 7.11 Å². The Morgan fingerprint density at radius 1 is 1.33 bits per heavy atom. The fourth-order valence-electron chi connectivity index (χ4n) is 1.71. The quantitative estimate of drug-likeness (QED) is 0.823. The number of hydrogen-bond donors (Lipinski definition) is 2. The molecule has 3 N–H and O–H groups in total. The van der Waals surface area contributed by atoms with Crippen LogP contribution in [0.25, 0.3) is 0 Å². The highest BCUT2D eigenvalue weighted by molar-refractivity contribution is 5.27. The molecule has 1 aromatic carbocycles. The predicted molar refractivity (Wildman–Crippen MR) is 67.0 cm³/mol. The van der Waals surface area contributed by atoms with Gasteiger partial charge in [-0.25, -0.2) is 0 Å². The highest BCUT2D eigenvalue weighted by atomic mass is 16.5. The number of nitrogens with one attached hydrogen (secondary N) is 1. The molecule has 0 spiro atoms. The lowest BCUT2D eigenvalue weighted by molar-refractivity contribution is 0.413. The third-order valence-electron chi connectivity index (χ3n) is 2.95. The minimum Gasteiger partial charge on any atom is -0.497 e. The summed E-state index contributed by atoms with van der Waals surface area (Å²) in [6.45, 7) is 1.90. The van der Waals surface area contributed by atoms with Crippen molar-refractivity contribution in [3.8, 4) is 5.75 Å². The van der Waals surface area contributed by atoms with E-state index in [2.05, 4.69) is 20.6 Å². The van der Waals surface area contributed by atoms with Crippen molar-refractivity contribution < 1.29 is 4.74 Å². The molecule has 1 aromatic heterocycles. The molecule has 0 aliphatic rings. The Balaban J connectivity index is 1.98. The average Bonchev–Trinajstić information content (AvgIpc) is 2.92. The number of aromatic nitrogens is 4. The molecule has 2 rings (SSSR count). The lowest BCUT2D eigenvalue weighted by Gasteiger charge is -2.20. The number of aromatic amines is 1. The first-order valence-corrected chi connectivity index (χ1v) is 5.77. The molecule has 18 heavy (non-hydrogen) atoms. The Kier molecular flexibility index (Phi) is 3.57. The van der Waals surface area contributed by atoms with E-state index in [0.29, 0.717) is 5.82 Å². The van der Waals surface area contributed by atoms with Crippen LogP contribution < -0.4 is 10.5 Å². The number of nitrogens with zero attached hydrogens (tertiary/aromatic N) is 3. The van der Waals surface area contributed by atoms with Gasteiger partial charge in [-0.2, -0.15) is 5.21 Å². The maximum atomic E-state index is 6.18. The van der Waals surface area contributed by atoms with Crippen molar-refractivity contribution in [3.05, 3.63) is 35.7 Å². The molecule has 0 saturated carbocycles. The van der Waals surface area contributed by atoms with Gasteiger partial charge >= 0.3 is 0 Å². The molecule has 96 valence electrons. The van der Waals surface area contributed by atoms with Gasteiger partial charge in [-0.3, -0.25) is 0 Å². The molecule has 1 atom stereocenters. The van der Waals surface area contributed by atoms with E-state index in [-0.39, 0.29) is 0 Å². The molecule has 0 saturated heterocycles. The van der Waals surface area contributed by atoms with E-state index in [9.17, 15) is 0 Å². The van der Waals surface area contributed by atoms with Crippen LogP contribution >= 0.6 is 0 Å². The molecule has 2 aromatic rings. The summed E-state index contributed by atoms with van der Waals surface area (Å²) >= 11 is 0. The number of nitrogens with two attached hydrogens (primary N) is 1. The van der Waals surface area contributed by atoms with Gasteiger partial charge in [0.15, 0.2) is 5.82 Å². The van der Waals surface area contributed by atoms with E-state index in [4.69, 9.17) is 10.5 Å². The van der Waals surface area contributed by atoms with Crippen LogP contribution in [-0.4, -0.2) is 27.7 Å². The van der Waals surface area contributed by atoms with Crippen LogP contribution in [0, 0.1) is 0 Å². The summed E-state index contributed by atoms with van der Waals surface area (Å²) in [7, 11) is 1.65. The predicted octanol–water partition coefficient (Wildman–Crippen LogP) is 1.01. The second-order valence-corrected chi connectivity index (χ2v) is 4.50. The van der Waals surface area contributed by atoms with Crippen molar-refractivity contribution in [2.75, 3.05) is 7.11 Å². The number of methoxy groups -OCH3 is 1.